The highest BCUT2D eigenvalue weighted by atomic mass is 35.5. The molecule has 0 fully saturated rings. The third-order valence-electron chi connectivity index (χ3n) is 2.98. The van der Waals surface area contributed by atoms with Gasteiger partial charge in [-0.25, -0.2) is 0 Å². The average molecular weight is 294 g/mol. The minimum absolute atomic E-state index is 0. The number of halogens is 3. The number of para-hydroxylation sites is 1. The maximum Gasteiger partial charge on any atom is 0.586 e. The van der Waals surface area contributed by atoms with E-state index in [9.17, 15) is 8.78 Å². The van der Waals surface area contributed by atoms with E-state index in [0.717, 1.165) is 25.7 Å². The third-order valence-corrected chi connectivity index (χ3v) is 2.98. The summed E-state index contributed by atoms with van der Waals surface area (Å²) in [5.74, 6) is 0.134. The largest absolute Gasteiger partial charge is 0.586 e. The number of fused-ring (bicyclic) bond motifs is 1. The van der Waals surface area contributed by atoms with E-state index in [0.29, 0.717) is 5.56 Å². The van der Waals surface area contributed by atoms with Gasteiger partial charge in [-0.1, -0.05) is 38.3 Å². The predicted octanol–water partition coefficient (Wildman–Crippen LogP) is 4.01. The van der Waals surface area contributed by atoms with Gasteiger partial charge in [0.05, 0.1) is 0 Å². The number of hydrogen-bond donors (Lipinski definition) is 1. The quantitative estimate of drug-likeness (QED) is 0.834. The molecule has 0 unspecified atom stereocenters. The molecule has 2 N–H and O–H groups in total. The van der Waals surface area contributed by atoms with E-state index in [1.165, 1.54) is 6.07 Å². The SMILES string of the molecule is CCCCC[C@@H](N)c1cccc2c1OC(F)(F)O2.Cl. The second kappa shape index (κ2) is 6.39. The monoisotopic (exact) mass is 293 g/mol. The number of rotatable bonds is 5. The standard InChI is InChI=1S/C13H17F2NO2.ClH/c1-2-3-4-7-10(16)9-6-5-8-11-12(9)18-13(14,15)17-11;/h5-6,8,10H,2-4,7,16H2,1H3;1H/t10-;/m1./s1. The van der Waals surface area contributed by atoms with Crippen molar-refractivity contribution in [2.24, 2.45) is 5.73 Å². The van der Waals surface area contributed by atoms with E-state index in [2.05, 4.69) is 16.4 Å². The molecule has 1 aliphatic heterocycles. The zero-order valence-electron chi connectivity index (χ0n) is 10.7. The second-order valence-electron chi connectivity index (χ2n) is 4.44. The highest BCUT2D eigenvalue weighted by Gasteiger charge is 2.44. The van der Waals surface area contributed by atoms with Crippen LogP contribution in [0.5, 0.6) is 11.5 Å². The van der Waals surface area contributed by atoms with E-state index in [1.54, 1.807) is 12.1 Å². The highest BCUT2D eigenvalue weighted by Crippen LogP contribution is 2.45. The number of unbranched alkanes of at least 4 members (excludes halogenated alkanes) is 2. The molecule has 1 aromatic carbocycles. The molecule has 0 amide bonds. The molecule has 1 heterocycles. The summed E-state index contributed by atoms with van der Waals surface area (Å²) >= 11 is 0. The summed E-state index contributed by atoms with van der Waals surface area (Å²) < 4.78 is 34.9. The Labute approximate surface area is 117 Å². The smallest absolute Gasteiger partial charge is 0.395 e. The van der Waals surface area contributed by atoms with Crippen molar-refractivity contribution in [3.63, 3.8) is 0 Å². The van der Waals surface area contributed by atoms with Gasteiger partial charge in [0, 0.05) is 11.6 Å². The molecule has 2 rings (SSSR count). The Morgan fingerprint density at radius 2 is 2.00 bits per heavy atom. The summed E-state index contributed by atoms with van der Waals surface area (Å²) in [4.78, 5) is 0. The van der Waals surface area contributed by atoms with Crippen LogP contribution in [0.15, 0.2) is 18.2 Å². The molecule has 0 radical (unpaired) electrons. The van der Waals surface area contributed by atoms with Crippen LogP contribution in [-0.4, -0.2) is 6.29 Å². The summed E-state index contributed by atoms with van der Waals surface area (Å²) in [5, 5.41) is 0. The Kier molecular flexibility index (Phi) is 5.38. The van der Waals surface area contributed by atoms with E-state index < -0.39 is 6.29 Å². The molecule has 1 atom stereocenters. The van der Waals surface area contributed by atoms with Crippen molar-refractivity contribution in [3.8, 4) is 11.5 Å². The summed E-state index contributed by atoms with van der Waals surface area (Å²) in [7, 11) is 0. The Bertz CT molecular complexity index is 429. The second-order valence-corrected chi connectivity index (χ2v) is 4.44. The molecule has 19 heavy (non-hydrogen) atoms. The molecule has 6 heteroatoms. The molecule has 3 nitrogen and oxygen atoms in total. The molecule has 0 bridgehead atoms. The number of hydrogen-bond acceptors (Lipinski definition) is 3. The van der Waals surface area contributed by atoms with Gasteiger partial charge in [0.15, 0.2) is 11.5 Å². The van der Waals surface area contributed by atoms with Crippen molar-refractivity contribution in [3.05, 3.63) is 23.8 Å². The van der Waals surface area contributed by atoms with Gasteiger partial charge < -0.3 is 15.2 Å². The van der Waals surface area contributed by atoms with Gasteiger partial charge in [0.1, 0.15) is 0 Å². The maximum absolute atomic E-state index is 13.0. The van der Waals surface area contributed by atoms with Crippen LogP contribution in [0.1, 0.15) is 44.2 Å². The summed E-state index contributed by atoms with van der Waals surface area (Å²) in [6, 6.07) is 4.51. The predicted molar refractivity (Wildman–Crippen MR) is 71.0 cm³/mol. The van der Waals surface area contributed by atoms with Crippen molar-refractivity contribution < 1.29 is 18.3 Å². The molecule has 1 aromatic rings. The van der Waals surface area contributed by atoms with Crippen LogP contribution >= 0.6 is 12.4 Å². The van der Waals surface area contributed by atoms with E-state index >= 15 is 0 Å². The fourth-order valence-corrected chi connectivity index (χ4v) is 2.05. The molecule has 0 aromatic heterocycles. The fraction of sp³-hybridized carbons (Fsp3) is 0.538. The van der Waals surface area contributed by atoms with E-state index in [-0.39, 0.29) is 29.9 Å². The van der Waals surface area contributed by atoms with Gasteiger partial charge in [-0.3, -0.25) is 0 Å². The van der Waals surface area contributed by atoms with Crippen molar-refractivity contribution in [1.29, 1.82) is 0 Å². The molecule has 108 valence electrons. The van der Waals surface area contributed by atoms with Crippen LogP contribution in [0.3, 0.4) is 0 Å². The van der Waals surface area contributed by atoms with Gasteiger partial charge in [0.25, 0.3) is 0 Å². The van der Waals surface area contributed by atoms with Gasteiger partial charge in [-0.05, 0) is 12.5 Å². The van der Waals surface area contributed by atoms with Gasteiger partial charge in [-0.15, -0.1) is 21.2 Å². The first kappa shape index (κ1) is 16.0. The van der Waals surface area contributed by atoms with Crippen LogP contribution in [0, 0.1) is 0 Å². The highest BCUT2D eigenvalue weighted by molar-refractivity contribution is 5.85. The topological polar surface area (TPSA) is 44.5 Å². The van der Waals surface area contributed by atoms with Gasteiger partial charge in [0.2, 0.25) is 0 Å². The first-order valence-corrected chi connectivity index (χ1v) is 6.18. The molecule has 1 aliphatic rings. The molecular weight excluding hydrogens is 276 g/mol. The molecule has 0 aliphatic carbocycles. The molecule has 0 saturated heterocycles. The van der Waals surface area contributed by atoms with Crippen molar-refractivity contribution in [2.75, 3.05) is 0 Å². The van der Waals surface area contributed by atoms with Crippen LogP contribution < -0.4 is 15.2 Å². The fourth-order valence-electron chi connectivity index (χ4n) is 2.05. The number of ether oxygens (including phenoxy) is 2. The lowest BCUT2D eigenvalue weighted by Gasteiger charge is -2.14. The number of alkyl halides is 2. The first-order chi connectivity index (χ1) is 8.53. The van der Waals surface area contributed by atoms with E-state index in [1.807, 2.05) is 0 Å². The zero-order chi connectivity index (χ0) is 13.2. The Balaban J connectivity index is 0.00000180. The lowest BCUT2D eigenvalue weighted by atomic mass is 10.00. The lowest BCUT2D eigenvalue weighted by Crippen LogP contribution is -2.26. The average Bonchev–Trinajstić information content (AvgIpc) is 2.62. The zero-order valence-corrected chi connectivity index (χ0v) is 11.5. The normalized spacial score (nSPS) is 16.8. The molecular formula is C13H18ClF2NO2. The molecule has 0 spiro atoms. The Morgan fingerprint density at radius 3 is 2.68 bits per heavy atom. The minimum Gasteiger partial charge on any atom is -0.395 e. The summed E-state index contributed by atoms with van der Waals surface area (Å²) in [5.41, 5.74) is 6.60. The number of nitrogens with two attached hydrogens (primary N) is 1. The lowest BCUT2D eigenvalue weighted by molar-refractivity contribution is -0.287. The first-order valence-electron chi connectivity index (χ1n) is 6.18. The van der Waals surface area contributed by atoms with Crippen molar-refractivity contribution >= 4 is 12.4 Å². The van der Waals surface area contributed by atoms with Crippen molar-refractivity contribution in [2.45, 2.75) is 44.9 Å². The van der Waals surface area contributed by atoms with Gasteiger partial charge in [-0.2, -0.15) is 0 Å². The Morgan fingerprint density at radius 1 is 1.26 bits per heavy atom. The Hall–Kier alpha value is -1.07. The van der Waals surface area contributed by atoms with Crippen LogP contribution in [0.4, 0.5) is 8.78 Å². The van der Waals surface area contributed by atoms with Crippen LogP contribution in [0.25, 0.3) is 0 Å². The minimum atomic E-state index is -3.58. The van der Waals surface area contributed by atoms with Crippen LogP contribution in [0.2, 0.25) is 0 Å². The summed E-state index contributed by atoms with van der Waals surface area (Å²) in [6.45, 7) is 2.10. The van der Waals surface area contributed by atoms with Crippen molar-refractivity contribution in [1.82, 2.24) is 0 Å². The molecule has 0 saturated carbocycles. The van der Waals surface area contributed by atoms with E-state index in [4.69, 9.17) is 5.73 Å². The summed E-state index contributed by atoms with van der Waals surface area (Å²) in [6.07, 6.45) is 0.312. The maximum atomic E-state index is 13.0. The third kappa shape index (κ3) is 3.70. The number of benzene rings is 1. The van der Waals surface area contributed by atoms with Crippen LogP contribution in [-0.2, 0) is 0 Å². The van der Waals surface area contributed by atoms with Gasteiger partial charge >= 0.3 is 6.29 Å².